The smallest absolute Gasteiger partial charge is 0.159 e. The predicted molar refractivity (Wildman–Crippen MR) is 92.9 cm³/mol. The highest BCUT2D eigenvalue weighted by molar-refractivity contribution is 5.95. The van der Waals surface area contributed by atoms with E-state index >= 15 is 0 Å². The minimum atomic E-state index is -0.00307. The summed E-state index contributed by atoms with van der Waals surface area (Å²) in [6.07, 6.45) is 1.76. The summed E-state index contributed by atoms with van der Waals surface area (Å²) in [5.74, 6) is -0.00307. The van der Waals surface area contributed by atoms with Crippen LogP contribution in [0, 0.1) is 11.3 Å². The molecule has 0 aromatic heterocycles. The van der Waals surface area contributed by atoms with Crippen LogP contribution >= 0.6 is 0 Å². The number of nitrogens with one attached hydrogen (secondary N) is 1. The van der Waals surface area contributed by atoms with Crippen LogP contribution in [0.5, 0.6) is 0 Å². The third-order valence-corrected chi connectivity index (χ3v) is 4.36. The van der Waals surface area contributed by atoms with Gasteiger partial charge in [0.25, 0.3) is 0 Å². The molecule has 1 fully saturated rings. The summed E-state index contributed by atoms with van der Waals surface area (Å²) in [4.78, 5) is 11.6. The maximum atomic E-state index is 11.6. The molecule has 0 radical (unpaired) electrons. The van der Waals surface area contributed by atoms with Crippen molar-refractivity contribution in [1.82, 2.24) is 0 Å². The van der Waals surface area contributed by atoms with Gasteiger partial charge in [-0.2, -0.15) is 5.26 Å². The molecular formula is C20H20N2O2. The maximum absolute atomic E-state index is 11.6. The fraction of sp³-hybridized carbons (Fsp3) is 0.300. The Kier molecular flexibility index (Phi) is 4.93. The van der Waals surface area contributed by atoms with Crippen molar-refractivity contribution in [3.05, 3.63) is 65.2 Å². The molecule has 0 bridgehead atoms. The SMILES string of the molecule is CC(=O)c1ccc(C#N)c(NC2CCOC(c3ccccc3)C2)c1. The Labute approximate surface area is 142 Å². The second-order valence-electron chi connectivity index (χ2n) is 6.06. The first kappa shape index (κ1) is 16.2. The van der Waals surface area contributed by atoms with Crippen LogP contribution in [0.3, 0.4) is 0 Å². The standard InChI is InChI=1S/C20H20N2O2/c1-14(23)16-7-8-17(13-21)19(11-16)22-18-9-10-24-20(12-18)15-5-3-2-4-6-15/h2-8,11,18,20,22H,9-10,12H2,1H3. The number of anilines is 1. The van der Waals surface area contributed by atoms with E-state index in [4.69, 9.17) is 4.74 Å². The fourth-order valence-corrected chi connectivity index (χ4v) is 3.03. The van der Waals surface area contributed by atoms with Gasteiger partial charge in [0.05, 0.1) is 17.4 Å². The minimum Gasteiger partial charge on any atom is -0.381 e. The Balaban J connectivity index is 1.77. The van der Waals surface area contributed by atoms with Gasteiger partial charge >= 0.3 is 0 Å². The highest BCUT2D eigenvalue weighted by Crippen LogP contribution is 2.30. The first-order valence-corrected chi connectivity index (χ1v) is 8.15. The number of hydrogen-bond acceptors (Lipinski definition) is 4. The highest BCUT2D eigenvalue weighted by Gasteiger charge is 2.24. The van der Waals surface area contributed by atoms with Crippen LogP contribution in [0.1, 0.15) is 47.4 Å². The van der Waals surface area contributed by atoms with Crippen LogP contribution in [0.25, 0.3) is 0 Å². The molecule has 1 heterocycles. The Morgan fingerprint density at radius 3 is 2.75 bits per heavy atom. The summed E-state index contributed by atoms with van der Waals surface area (Å²) in [6, 6.07) is 17.7. The third-order valence-electron chi connectivity index (χ3n) is 4.36. The molecule has 0 amide bonds. The van der Waals surface area contributed by atoms with Gasteiger partial charge in [-0.3, -0.25) is 4.79 Å². The molecule has 2 atom stereocenters. The number of carbonyl (C=O) groups excluding carboxylic acids is 1. The van der Waals surface area contributed by atoms with Crippen molar-refractivity contribution in [3.8, 4) is 6.07 Å². The lowest BCUT2D eigenvalue weighted by atomic mass is 9.96. The lowest BCUT2D eigenvalue weighted by molar-refractivity contribution is 0.00979. The summed E-state index contributed by atoms with van der Waals surface area (Å²) < 4.78 is 5.89. The molecule has 0 spiro atoms. The molecule has 4 nitrogen and oxygen atoms in total. The van der Waals surface area contributed by atoms with E-state index in [-0.39, 0.29) is 17.9 Å². The first-order chi connectivity index (χ1) is 11.7. The maximum Gasteiger partial charge on any atom is 0.159 e. The normalized spacial score (nSPS) is 20.2. The predicted octanol–water partition coefficient (Wildman–Crippen LogP) is 4.09. The van der Waals surface area contributed by atoms with Gasteiger partial charge in [-0.25, -0.2) is 0 Å². The molecule has 1 N–H and O–H groups in total. The molecule has 2 aromatic carbocycles. The quantitative estimate of drug-likeness (QED) is 0.862. The van der Waals surface area contributed by atoms with Gasteiger partial charge in [0.2, 0.25) is 0 Å². The monoisotopic (exact) mass is 320 g/mol. The zero-order valence-electron chi connectivity index (χ0n) is 13.7. The number of nitriles is 1. The van der Waals surface area contributed by atoms with Crippen LogP contribution in [0.15, 0.2) is 48.5 Å². The van der Waals surface area contributed by atoms with Crippen LogP contribution in [-0.4, -0.2) is 18.4 Å². The molecule has 24 heavy (non-hydrogen) atoms. The van der Waals surface area contributed by atoms with Crippen LogP contribution in [0.4, 0.5) is 5.69 Å². The van der Waals surface area contributed by atoms with Crippen molar-refractivity contribution in [2.45, 2.75) is 31.9 Å². The molecular weight excluding hydrogens is 300 g/mol. The Morgan fingerprint density at radius 1 is 1.25 bits per heavy atom. The number of hydrogen-bond donors (Lipinski definition) is 1. The summed E-state index contributed by atoms with van der Waals surface area (Å²) in [5, 5.41) is 12.7. The van der Waals surface area contributed by atoms with E-state index < -0.39 is 0 Å². The Hall–Kier alpha value is -2.64. The molecule has 1 aliphatic heterocycles. The fourth-order valence-electron chi connectivity index (χ4n) is 3.03. The van der Waals surface area contributed by atoms with Crippen LogP contribution in [0.2, 0.25) is 0 Å². The largest absolute Gasteiger partial charge is 0.381 e. The summed E-state index contributed by atoms with van der Waals surface area (Å²) in [5.41, 5.74) is 3.07. The number of rotatable bonds is 4. The van der Waals surface area contributed by atoms with E-state index in [0.717, 1.165) is 18.5 Å². The number of benzene rings is 2. The van der Waals surface area contributed by atoms with Gasteiger partial charge in [-0.05, 0) is 43.5 Å². The second-order valence-corrected chi connectivity index (χ2v) is 6.06. The number of nitrogens with zero attached hydrogens (tertiary/aromatic N) is 1. The average Bonchev–Trinajstić information content (AvgIpc) is 2.62. The highest BCUT2D eigenvalue weighted by atomic mass is 16.5. The minimum absolute atomic E-state index is 0.00307. The van der Waals surface area contributed by atoms with E-state index in [1.807, 2.05) is 18.2 Å². The van der Waals surface area contributed by atoms with Crippen molar-refractivity contribution in [1.29, 1.82) is 5.26 Å². The van der Waals surface area contributed by atoms with Gasteiger partial charge in [-0.15, -0.1) is 0 Å². The van der Waals surface area contributed by atoms with Gasteiger partial charge in [-0.1, -0.05) is 30.3 Å². The first-order valence-electron chi connectivity index (χ1n) is 8.15. The third kappa shape index (κ3) is 3.64. The van der Waals surface area contributed by atoms with Gasteiger partial charge in [0, 0.05) is 18.2 Å². The molecule has 122 valence electrons. The van der Waals surface area contributed by atoms with E-state index in [9.17, 15) is 10.1 Å². The van der Waals surface area contributed by atoms with Gasteiger partial charge in [0.15, 0.2) is 5.78 Å². The lowest BCUT2D eigenvalue weighted by Crippen LogP contribution is -2.30. The number of Topliss-reactive ketones (excluding diaryl/α,β-unsaturated/α-hetero) is 1. The van der Waals surface area contributed by atoms with E-state index in [0.29, 0.717) is 17.7 Å². The van der Waals surface area contributed by atoms with Crippen molar-refractivity contribution < 1.29 is 9.53 Å². The zero-order chi connectivity index (χ0) is 16.9. The lowest BCUT2D eigenvalue weighted by Gasteiger charge is -2.31. The molecule has 4 heteroatoms. The van der Waals surface area contributed by atoms with Gasteiger partial charge in [0.1, 0.15) is 6.07 Å². The molecule has 1 saturated heterocycles. The summed E-state index contributed by atoms with van der Waals surface area (Å²) in [6.45, 7) is 2.20. The van der Waals surface area contributed by atoms with Crippen LogP contribution < -0.4 is 5.32 Å². The topological polar surface area (TPSA) is 62.1 Å². The van der Waals surface area contributed by atoms with E-state index in [1.165, 1.54) is 12.5 Å². The summed E-state index contributed by atoms with van der Waals surface area (Å²) >= 11 is 0. The molecule has 2 aromatic rings. The van der Waals surface area contributed by atoms with Crippen molar-refractivity contribution in [2.24, 2.45) is 0 Å². The second kappa shape index (κ2) is 7.29. The number of ketones is 1. The van der Waals surface area contributed by atoms with Crippen molar-refractivity contribution in [2.75, 3.05) is 11.9 Å². The van der Waals surface area contributed by atoms with Gasteiger partial charge < -0.3 is 10.1 Å². The molecule has 2 unspecified atom stereocenters. The Morgan fingerprint density at radius 2 is 2.04 bits per heavy atom. The van der Waals surface area contributed by atoms with Crippen molar-refractivity contribution >= 4 is 11.5 Å². The van der Waals surface area contributed by atoms with E-state index in [1.54, 1.807) is 18.2 Å². The molecule has 0 aliphatic carbocycles. The zero-order valence-corrected chi connectivity index (χ0v) is 13.7. The molecule has 3 rings (SSSR count). The molecule has 0 saturated carbocycles. The summed E-state index contributed by atoms with van der Waals surface area (Å²) in [7, 11) is 0. The van der Waals surface area contributed by atoms with Crippen LogP contribution in [-0.2, 0) is 4.74 Å². The Bertz CT molecular complexity index is 765. The average molecular weight is 320 g/mol. The number of carbonyl (C=O) groups is 1. The van der Waals surface area contributed by atoms with Crippen molar-refractivity contribution in [3.63, 3.8) is 0 Å². The number of ether oxygens (including phenoxy) is 1. The molecule has 1 aliphatic rings. The van der Waals surface area contributed by atoms with E-state index in [2.05, 4.69) is 23.5 Å².